The lowest BCUT2D eigenvalue weighted by molar-refractivity contribution is -0.133. The Bertz CT molecular complexity index is 977. The van der Waals surface area contributed by atoms with Gasteiger partial charge in [0.15, 0.2) is 0 Å². The molecule has 1 aromatic carbocycles. The highest BCUT2D eigenvalue weighted by Crippen LogP contribution is 2.31. The molecule has 7 nitrogen and oxygen atoms in total. The first-order valence-electron chi connectivity index (χ1n) is 10.7. The Morgan fingerprint density at radius 1 is 1.23 bits per heavy atom. The molecule has 1 aliphatic carbocycles. The molecule has 162 valence electrons. The average molecular weight is 432 g/mol. The number of benzene rings is 1. The van der Waals surface area contributed by atoms with Crippen molar-refractivity contribution in [3.63, 3.8) is 0 Å². The summed E-state index contributed by atoms with van der Waals surface area (Å²) in [5.41, 5.74) is 1.47. The molecule has 30 heavy (non-hydrogen) atoms. The number of aromatic nitrogens is 2. The van der Waals surface area contributed by atoms with Gasteiger partial charge < -0.3 is 14.2 Å². The zero-order valence-electron chi connectivity index (χ0n) is 17.4. The normalized spacial score (nSPS) is 19.2. The molecule has 2 aliphatic rings. The van der Waals surface area contributed by atoms with Crippen molar-refractivity contribution in [3.8, 4) is 0 Å². The molecular weight excluding hydrogens is 402 g/mol. The van der Waals surface area contributed by atoms with Crippen LogP contribution in [0.5, 0.6) is 0 Å². The van der Waals surface area contributed by atoms with Gasteiger partial charge in [0.25, 0.3) is 0 Å². The molecule has 0 spiro atoms. The summed E-state index contributed by atoms with van der Waals surface area (Å²) in [6.07, 6.45) is 5.34. The highest BCUT2D eigenvalue weighted by atomic mass is 32.2. The van der Waals surface area contributed by atoms with Crippen molar-refractivity contribution in [1.29, 1.82) is 0 Å². The number of imidazole rings is 1. The standard InChI is InChI=1S/C22H29N3O4S/c1-2-24(21(26)18-10-11-18)14-19-13-23-22(25(19)15-20-9-6-12-29-20)30(27,28)16-17-7-4-3-5-8-17/h3-5,7-8,13,18,20H,2,6,9-12,14-16H2,1H3/t20-/m1/s1. The second-order valence-electron chi connectivity index (χ2n) is 8.15. The van der Waals surface area contributed by atoms with Crippen LogP contribution in [0.4, 0.5) is 0 Å². The number of hydrogen-bond donors (Lipinski definition) is 0. The van der Waals surface area contributed by atoms with E-state index in [4.69, 9.17) is 4.74 Å². The summed E-state index contributed by atoms with van der Waals surface area (Å²) in [5.74, 6) is 0.172. The Labute approximate surface area is 178 Å². The molecule has 2 aromatic rings. The molecule has 1 saturated heterocycles. The SMILES string of the molecule is CCN(Cc1cnc(S(=O)(=O)Cc2ccccc2)n1C[C@H]1CCCO1)C(=O)C1CC1. The summed E-state index contributed by atoms with van der Waals surface area (Å²) in [7, 11) is -3.64. The molecule has 2 fully saturated rings. The topological polar surface area (TPSA) is 81.5 Å². The lowest BCUT2D eigenvalue weighted by Crippen LogP contribution is -2.33. The van der Waals surface area contributed by atoms with Gasteiger partial charge in [-0.2, -0.15) is 0 Å². The fourth-order valence-electron chi connectivity index (χ4n) is 3.94. The maximum absolute atomic E-state index is 13.2. The van der Waals surface area contributed by atoms with Crippen LogP contribution in [0.1, 0.15) is 43.9 Å². The molecule has 0 unspecified atom stereocenters. The van der Waals surface area contributed by atoms with Crippen LogP contribution in [-0.2, 0) is 38.2 Å². The average Bonchev–Trinajstić information content (AvgIpc) is 3.31. The number of sulfone groups is 1. The van der Waals surface area contributed by atoms with Crippen molar-refractivity contribution in [2.75, 3.05) is 13.2 Å². The molecule has 1 atom stereocenters. The van der Waals surface area contributed by atoms with Gasteiger partial charge in [-0.1, -0.05) is 30.3 Å². The van der Waals surface area contributed by atoms with Crippen LogP contribution in [0, 0.1) is 5.92 Å². The van der Waals surface area contributed by atoms with Crippen molar-refractivity contribution in [3.05, 3.63) is 47.8 Å². The summed E-state index contributed by atoms with van der Waals surface area (Å²) >= 11 is 0. The van der Waals surface area contributed by atoms with Crippen LogP contribution in [0.25, 0.3) is 0 Å². The number of carbonyl (C=O) groups excluding carboxylic acids is 1. The van der Waals surface area contributed by atoms with Crippen LogP contribution in [0.2, 0.25) is 0 Å². The van der Waals surface area contributed by atoms with E-state index in [1.165, 1.54) is 0 Å². The minimum absolute atomic E-state index is 0.0298. The van der Waals surface area contributed by atoms with Crippen molar-refractivity contribution in [2.45, 2.75) is 62.7 Å². The van der Waals surface area contributed by atoms with Gasteiger partial charge in [-0.3, -0.25) is 4.79 Å². The van der Waals surface area contributed by atoms with Crippen molar-refractivity contribution < 1.29 is 17.9 Å². The van der Waals surface area contributed by atoms with E-state index in [-0.39, 0.29) is 28.8 Å². The Hall–Kier alpha value is -2.19. The number of nitrogens with zero attached hydrogens (tertiary/aromatic N) is 3. The van der Waals surface area contributed by atoms with Crippen molar-refractivity contribution in [1.82, 2.24) is 14.5 Å². The highest BCUT2D eigenvalue weighted by molar-refractivity contribution is 7.90. The van der Waals surface area contributed by atoms with Gasteiger partial charge in [0, 0.05) is 19.1 Å². The third-order valence-corrected chi connectivity index (χ3v) is 7.36. The van der Waals surface area contributed by atoms with Crippen LogP contribution in [-0.4, -0.2) is 48.0 Å². The summed E-state index contributed by atoms with van der Waals surface area (Å²) in [5, 5.41) is 0.0618. The lowest BCUT2D eigenvalue weighted by atomic mass is 10.2. The molecule has 8 heteroatoms. The predicted octanol–water partition coefficient (Wildman–Crippen LogP) is 2.79. The van der Waals surface area contributed by atoms with E-state index < -0.39 is 9.84 Å². The maximum Gasteiger partial charge on any atom is 0.228 e. The summed E-state index contributed by atoms with van der Waals surface area (Å²) in [6.45, 7) is 4.04. The first-order valence-corrected chi connectivity index (χ1v) is 12.3. The Morgan fingerprint density at radius 3 is 2.63 bits per heavy atom. The molecule has 1 aliphatic heterocycles. The quantitative estimate of drug-likeness (QED) is 0.610. The molecule has 0 radical (unpaired) electrons. The van der Waals surface area contributed by atoms with Gasteiger partial charge in [0.2, 0.25) is 20.9 Å². The highest BCUT2D eigenvalue weighted by Gasteiger charge is 2.34. The molecule has 1 saturated carbocycles. The Balaban J connectivity index is 1.63. The number of carbonyl (C=O) groups is 1. The largest absolute Gasteiger partial charge is 0.376 e. The zero-order chi connectivity index (χ0) is 21.1. The van der Waals surface area contributed by atoms with Gasteiger partial charge in [-0.25, -0.2) is 13.4 Å². The summed E-state index contributed by atoms with van der Waals surface area (Å²) in [6, 6.07) is 9.14. The number of hydrogen-bond acceptors (Lipinski definition) is 5. The first-order chi connectivity index (χ1) is 14.5. The zero-order valence-corrected chi connectivity index (χ0v) is 18.2. The van der Waals surface area contributed by atoms with Crippen LogP contribution < -0.4 is 0 Å². The molecule has 0 N–H and O–H groups in total. The molecule has 1 amide bonds. The monoisotopic (exact) mass is 431 g/mol. The number of amides is 1. The van der Waals surface area contributed by atoms with E-state index in [9.17, 15) is 13.2 Å². The lowest BCUT2D eigenvalue weighted by Gasteiger charge is -2.23. The van der Waals surface area contributed by atoms with Gasteiger partial charge in [0.05, 0.1) is 36.8 Å². The van der Waals surface area contributed by atoms with Gasteiger partial charge in [0.1, 0.15) is 0 Å². The minimum Gasteiger partial charge on any atom is -0.376 e. The van der Waals surface area contributed by atoms with E-state index in [2.05, 4.69) is 4.98 Å². The fourth-order valence-corrected chi connectivity index (χ4v) is 5.44. The van der Waals surface area contributed by atoms with Crippen LogP contribution in [0.3, 0.4) is 0 Å². The van der Waals surface area contributed by atoms with Gasteiger partial charge in [-0.05, 0) is 38.2 Å². The molecule has 1 aromatic heterocycles. The molecule has 0 bridgehead atoms. The minimum atomic E-state index is -3.64. The third-order valence-electron chi connectivity index (χ3n) is 5.76. The van der Waals surface area contributed by atoms with Gasteiger partial charge >= 0.3 is 0 Å². The smallest absolute Gasteiger partial charge is 0.228 e. The summed E-state index contributed by atoms with van der Waals surface area (Å²) < 4.78 is 34.0. The summed E-state index contributed by atoms with van der Waals surface area (Å²) in [4.78, 5) is 18.7. The van der Waals surface area contributed by atoms with Crippen LogP contribution in [0.15, 0.2) is 41.7 Å². The maximum atomic E-state index is 13.2. The van der Waals surface area contributed by atoms with E-state index in [0.717, 1.165) is 36.9 Å². The van der Waals surface area contributed by atoms with E-state index in [1.54, 1.807) is 27.8 Å². The Morgan fingerprint density at radius 2 is 2.00 bits per heavy atom. The third kappa shape index (κ3) is 4.75. The first kappa shape index (κ1) is 21.1. The van der Waals surface area contributed by atoms with E-state index in [0.29, 0.717) is 26.2 Å². The van der Waals surface area contributed by atoms with Crippen molar-refractivity contribution >= 4 is 15.7 Å². The van der Waals surface area contributed by atoms with E-state index >= 15 is 0 Å². The van der Waals surface area contributed by atoms with Gasteiger partial charge in [-0.15, -0.1) is 0 Å². The second kappa shape index (κ2) is 8.89. The van der Waals surface area contributed by atoms with E-state index in [1.807, 2.05) is 25.1 Å². The second-order valence-corrected chi connectivity index (χ2v) is 10.0. The predicted molar refractivity (Wildman–Crippen MR) is 112 cm³/mol. The van der Waals surface area contributed by atoms with Crippen LogP contribution >= 0.6 is 0 Å². The number of rotatable bonds is 9. The fraction of sp³-hybridized carbons (Fsp3) is 0.545. The number of ether oxygens (including phenoxy) is 1. The Kier molecular flexibility index (Phi) is 6.24. The molecular formula is C22H29N3O4S. The molecule has 4 rings (SSSR count). The van der Waals surface area contributed by atoms with Crippen molar-refractivity contribution in [2.24, 2.45) is 5.92 Å². The molecule has 2 heterocycles.